The van der Waals surface area contributed by atoms with Gasteiger partial charge >= 0.3 is 0 Å². The van der Waals surface area contributed by atoms with Gasteiger partial charge in [0.2, 0.25) is 0 Å². The molecular formula is C21H32O2. The summed E-state index contributed by atoms with van der Waals surface area (Å²) >= 11 is 0. The van der Waals surface area contributed by atoms with Crippen LogP contribution in [0.3, 0.4) is 0 Å². The van der Waals surface area contributed by atoms with Crippen molar-refractivity contribution in [2.75, 3.05) is 6.61 Å². The molecule has 0 radical (unpaired) electrons. The molecule has 2 rings (SSSR count). The summed E-state index contributed by atoms with van der Waals surface area (Å²) < 4.78 is 5.81. The second kappa shape index (κ2) is 10.5. The van der Waals surface area contributed by atoms with Crippen molar-refractivity contribution in [3.05, 3.63) is 29.8 Å². The van der Waals surface area contributed by atoms with Crippen LogP contribution in [0.4, 0.5) is 0 Å². The SMILES string of the molecule is CCCCCC1CCCCC1CCCOc1ccc(C=O)cc1. The average molecular weight is 316 g/mol. The molecule has 0 heterocycles. The van der Waals surface area contributed by atoms with Gasteiger partial charge in [-0.2, -0.15) is 0 Å². The molecule has 2 heteroatoms. The van der Waals surface area contributed by atoms with Crippen LogP contribution in [0, 0.1) is 11.8 Å². The summed E-state index contributed by atoms with van der Waals surface area (Å²) in [6.07, 6.45) is 14.6. The Morgan fingerprint density at radius 1 is 1.00 bits per heavy atom. The van der Waals surface area contributed by atoms with Gasteiger partial charge in [0.1, 0.15) is 12.0 Å². The smallest absolute Gasteiger partial charge is 0.150 e. The molecule has 0 bridgehead atoms. The first-order valence-corrected chi connectivity index (χ1v) is 9.51. The first-order chi connectivity index (χ1) is 11.3. The Morgan fingerprint density at radius 3 is 2.26 bits per heavy atom. The summed E-state index contributed by atoms with van der Waals surface area (Å²) in [5.41, 5.74) is 0.703. The fourth-order valence-corrected chi connectivity index (χ4v) is 3.88. The van der Waals surface area contributed by atoms with Gasteiger partial charge in [0.25, 0.3) is 0 Å². The van der Waals surface area contributed by atoms with Gasteiger partial charge in [0.15, 0.2) is 0 Å². The van der Waals surface area contributed by atoms with Gasteiger partial charge in [-0.1, -0.05) is 58.3 Å². The minimum absolute atomic E-state index is 0.703. The molecule has 2 unspecified atom stereocenters. The topological polar surface area (TPSA) is 26.3 Å². The van der Waals surface area contributed by atoms with E-state index in [0.29, 0.717) is 5.56 Å². The van der Waals surface area contributed by atoms with Crippen molar-refractivity contribution in [1.82, 2.24) is 0 Å². The lowest BCUT2D eigenvalue weighted by Crippen LogP contribution is -2.20. The quantitative estimate of drug-likeness (QED) is 0.388. The van der Waals surface area contributed by atoms with Crippen molar-refractivity contribution < 1.29 is 9.53 Å². The van der Waals surface area contributed by atoms with Gasteiger partial charge in [-0.3, -0.25) is 4.79 Å². The van der Waals surface area contributed by atoms with Crippen molar-refractivity contribution in [2.45, 2.75) is 71.1 Å². The zero-order chi connectivity index (χ0) is 16.3. The van der Waals surface area contributed by atoms with Gasteiger partial charge in [-0.25, -0.2) is 0 Å². The second-order valence-corrected chi connectivity index (χ2v) is 6.98. The summed E-state index contributed by atoms with van der Waals surface area (Å²) in [4.78, 5) is 10.6. The van der Waals surface area contributed by atoms with E-state index in [4.69, 9.17) is 4.74 Å². The maximum Gasteiger partial charge on any atom is 0.150 e. The largest absolute Gasteiger partial charge is 0.494 e. The Morgan fingerprint density at radius 2 is 1.65 bits per heavy atom. The number of carbonyl (C=O) groups excluding carboxylic acids is 1. The van der Waals surface area contributed by atoms with E-state index < -0.39 is 0 Å². The van der Waals surface area contributed by atoms with Gasteiger partial charge in [0.05, 0.1) is 6.61 Å². The minimum Gasteiger partial charge on any atom is -0.494 e. The summed E-state index contributed by atoms with van der Waals surface area (Å²) in [6.45, 7) is 3.08. The molecule has 2 nitrogen and oxygen atoms in total. The van der Waals surface area contributed by atoms with E-state index in [-0.39, 0.29) is 0 Å². The third kappa shape index (κ3) is 6.37. The molecule has 1 aliphatic rings. The summed E-state index contributed by atoms with van der Waals surface area (Å²) in [5.74, 6) is 2.75. The van der Waals surface area contributed by atoms with Crippen molar-refractivity contribution >= 4 is 6.29 Å². The first-order valence-electron chi connectivity index (χ1n) is 9.51. The molecule has 2 atom stereocenters. The second-order valence-electron chi connectivity index (χ2n) is 6.98. The lowest BCUT2D eigenvalue weighted by atomic mass is 9.74. The maximum atomic E-state index is 10.6. The molecule has 0 saturated heterocycles. The molecule has 1 aliphatic carbocycles. The average Bonchev–Trinajstić information content (AvgIpc) is 2.60. The van der Waals surface area contributed by atoms with Gasteiger partial charge in [0, 0.05) is 5.56 Å². The predicted octanol–water partition coefficient (Wildman–Crippen LogP) is 6.04. The lowest BCUT2D eigenvalue weighted by Gasteiger charge is -2.31. The fourth-order valence-electron chi connectivity index (χ4n) is 3.88. The highest BCUT2D eigenvalue weighted by atomic mass is 16.5. The maximum absolute atomic E-state index is 10.6. The third-order valence-electron chi connectivity index (χ3n) is 5.25. The Labute approximate surface area is 141 Å². The number of benzene rings is 1. The van der Waals surface area contributed by atoms with Crippen LogP contribution in [0.15, 0.2) is 24.3 Å². The monoisotopic (exact) mass is 316 g/mol. The lowest BCUT2D eigenvalue weighted by molar-refractivity contribution is 0.112. The van der Waals surface area contributed by atoms with Crippen LogP contribution in [0.1, 0.15) is 81.5 Å². The number of aldehydes is 1. The van der Waals surface area contributed by atoms with Crippen LogP contribution in [0.25, 0.3) is 0 Å². The number of unbranched alkanes of at least 4 members (excludes halogenated alkanes) is 2. The van der Waals surface area contributed by atoms with Crippen molar-refractivity contribution in [3.63, 3.8) is 0 Å². The highest BCUT2D eigenvalue weighted by molar-refractivity contribution is 5.74. The van der Waals surface area contributed by atoms with Crippen molar-refractivity contribution in [2.24, 2.45) is 11.8 Å². The molecule has 0 spiro atoms. The molecule has 0 aromatic heterocycles. The highest BCUT2D eigenvalue weighted by Gasteiger charge is 2.24. The van der Waals surface area contributed by atoms with Crippen LogP contribution in [0.2, 0.25) is 0 Å². The zero-order valence-corrected chi connectivity index (χ0v) is 14.6. The number of ether oxygens (including phenoxy) is 1. The van der Waals surface area contributed by atoms with Crippen LogP contribution in [-0.2, 0) is 0 Å². The molecule has 1 aromatic carbocycles. The van der Waals surface area contributed by atoms with Gasteiger partial charge in [-0.05, 0) is 48.9 Å². The molecular weight excluding hydrogens is 284 g/mol. The third-order valence-corrected chi connectivity index (χ3v) is 5.25. The number of carbonyl (C=O) groups is 1. The van der Waals surface area contributed by atoms with E-state index >= 15 is 0 Å². The van der Waals surface area contributed by atoms with Crippen LogP contribution in [-0.4, -0.2) is 12.9 Å². The molecule has 0 amide bonds. The zero-order valence-electron chi connectivity index (χ0n) is 14.6. The molecule has 1 saturated carbocycles. The molecule has 0 aliphatic heterocycles. The van der Waals surface area contributed by atoms with Crippen LogP contribution < -0.4 is 4.74 Å². The summed E-state index contributed by atoms with van der Waals surface area (Å²) in [6, 6.07) is 7.40. The Hall–Kier alpha value is -1.31. The van der Waals surface area contributed by atoms with Crippen LogP contribution in [0.5, 0.6) is 5.75 Å². The number of hydrogen-bond donors (Lipinski definition) is 0. The van der Waals surface area contributed by atoms with E-state index in [1.807, 2.05) is 24.3 Å². The van der Waals surface area contributed by atoms with Gasteiger partial charge in [-0.15, -0.1) is 0 Å². The summed E-state index contributed by atoms with van der Waals surface area (Å²) in [7, 11) is 0. The van der Waals surface area contributed by atoms with Gasteiger partial charge < -0.3 is 4.74 Å². The Balaban J connectivity index is 1.67. The molecule has 0 N–H and O–H groups in total. The Bertz CT molecular complexity index is 438. The molecule has 23 heavy (non-hydrogen) atoms. The van der Waals surface area contributed by atoms with E-state index in [0.717, 1.165) is 36.9 Å². The standard InChI is InChI=1S/C21H32O2/c1-2-3-4-8-19-9-5-6-10-20(19)11-7-16-23-21-14-12-18(17-22)13-15-21/h12-15,17,19-20H,2-11,16H2,1H3. The van der Waals surface area contributed by atoms with Crippen LogP contribution >= 0.6 is 0 Å². The summed E-state index contributed by atoms with van der Waals surface area (Å²) in [5, 5.41) is 0. The van der Waals surface area contributed by atoms with E-state index in [1.165, 1.54) is 57.8 Å². The molecule has 128 valence electrons. The Kier molecular flexibility index (Phi) is 8.20. The normalized spacial score (nSPS) is 21.1. The number of rotatable bonds is 10. The first kappa shape index (κ1) is 18.0. The predicted molar refractivity (Wildman–Crippen MR) is 96.1 cm³/mol. The van der Waals surface area contributed by atoms with Crippen molar-refractivity contribution in [1.29, 1.82) is 0 Å². The van der Waals surface area contributed by atoms with E-state index in [2.05, 4.69) is 6.92 Å². The fraction of sp³-hybridized carbons (Fsp3) is 0.667. The molecule has 1 fully saturated rings. The minimum atomic E-state index is 0.703. The van der Waals surface area contributed by atoms with E-state index in [1.54, 1.807) is 0 Å². The van der Waals surface area contributed by atoms with E-state index in [9.17, 15) is 4.79 Å². The number of hydrogen-bond acceptors (Lipinski definition) is 2. The highest BCUT2D eigenvalue weighted by Crippen LogP contribution is 2.36. The van der Waals surface area contributed by atoms with Crippen molar-refractivity contribution in [3.8, 4) is 5.75 Å². The molecule has 1 aromatic rings.